The van der Waals surface area contributed by atoms with E-state index < -0.39 is 0 Å². The Morgan fingerprint density at radius 1 is 1.21 bits per heavy atom. The maximum atomic E-state index is 12.8. The first kappa shape index (κ1) is 20.3. The number of benzene rings is 1. The van der Waals surface area contributed by atoms with Crippen molar-refractivity contribution >= 4 is 5.91 Å². The fourth-order valence-electron chi connectivity index (χ4n) is 3.49. The van der Waals surface area contributed by atoms with E-state index in [1.54, 1.807) is 18.3 Å². The third kappa shape index (κ3) is 6.04. The molecule has 2 aromatic rings. The Bertz CT molecular complexity index is 767. The van der Waals surface area contributed by atoms with E-state index in [0.717, 1.165) is 17.8 Å². The largest absolute Gasteiger partial charge is 0.508 e. The number of ether oxygens (including phenoxy) is 1. The van der Waals surface area contributed by atoms with Crippen molar-refractivity contribution in [2.75, 3.05) is 26.2 Å². The second kappa shape index (κ2) is 9.66. The molecule has 1 fully saturated rings. The maximum Gasteiger partial charge on any atom is 0.236 e. The van der Waals surface area contributed by atoms with Gasteiger partial charge >= 0.3 is 0 Å². The van der Waals surface area contributed by atoms with Gasteiger partial charge in [-0.1, -0.05) is 32.0 Å². The fraction of sp³-hybridized carbons (Fsp3) is 0.455. The van der Waals surface area contributed by atoms with Crippen LogP contribution in [-0.2, 0) is 22.7 Å². The van der Waals surface area contributed by atoms with Gasteiger partial charge in [0, 0.05) is 32.4 Å². The highest BCUT2D eigenvalue weighted by Crippen LogP contribution is 2.17. The fourth-order valence-corrected chi connectivity index (χ4v) is 3.49. The maximum absolute atomic E-state index is 12.8. The number of carbonyl (C=O) groups is 1. The molecular formula is C22H29N3O3. The second-order valence-electron chi connectivity index (χ2n) is 7.79. The van der Waals surface area contributed by atoms with Crippen molar-refractivity contribution in [1.29, 1.82) is 0 Å². The molecule has 150 valence electrons. The Kier molecular flexibility index (Phi) is 7.01. The first-order valence-corrected chi connectivity index (χ1v) is 9.79. The number of phenols is 1. The quantitative estimate of drug-likeness (QED) is 0.796. The van der Waals surface area contributed by atoms with Crippen LogP contribution in [0.5, 0.6) is 5.75 Å². The topological polar surface area (TPSA) is 65.9 Å². The lowest BCUT2D eigenvalue weighted by Gasteiger charge is -2.26. The highest BCUT2D eigenvalue weighted by Gasteiger charge is 2.28. The zero-order chi connectivity index (χ0) is 19.9. The number of amides is 1. The highest BCUT2D eigenvalue weighted by atomic mass is 16.5. The molecule has 6 heteroatoms. The lowest BCUT2D eigenvalue weighted by molar-refractivity contribution is -0.132. The van der Waals surface area contributed by atoms with E-state index in [9.17, 15) is 9.90 Å². The Morgan fingerprint density at radius 2 is 2.07 bits per heavy atom. The summed E-state index contributed by atoms with van der Waals surface area (Å²) in [5.74, 6) is 0.763. The molecule has 0 bridgehead atoms. The molecule has 1 aliphatic heterocycles. The Hall–Kier alpha value is -2.44. The smallest absolute Gasteiger partial charge is 0.236 e. The predicted molar refractivity (Wildman–Crippen MR) is 108 cm³/mol. The van der Waals surface area contributed by atoms with Crippen molar-refractivity contribution in [1.82, 2.24) is 14.8 Å². The summed E-state index contributed by atoms with van der Waals surface area (Å²) in [5.41, 5.74) is 1.86. The van der Waals surface area contributed by atoms with Gasteiger partial charge in [0.2, 0.25) is 5.91 Å². The van der Waals surface area contributed by atoms with Crippen LogP contribution in [0.4, 0.5) is 0 Å². The van der Waals surface area contributed by atoms with Gasteiger partial charge in [0.1, 0.15) is 5.75 Å². The van der Waals surface area contributed by atoms with E-state index in [4.69, 9.17) is 4.74 Å². The third-order valence-electron chi connectivity index (χ3n) is 4.69. The van der Waals surface area contributed by atoms with Crippen molar-refractivity contribution in [2.24, 2.45) is 5.92 Å². The monoisotopic (exact) mass is 383 g/mol. The van der Waals surface area contributed by atoms with Gasteiger partial charge in [-0.3, -0.25) is 14.7 Å². The molecule has 1 aromatic carbocycles. The molecule has 0 saturated carbocycles. The standard InChI is InChI=1S/C22H29N3O3/c1-17(2)11-25-14-21(28-16-19-7-3-4-9-23-19)13-24(15-22(25)27)12-18-6-5-8-20(26)10-18/h3-10,17,21,26H,11-16H2,1-2H3. The van der Waals surface area contributed by atoms with Gasteiger partial charge in [0.15, 0.2) is 0 Å². The summed E-state index contributed by atoms with van der Waals surface area (Å²) in [6, 6.07) is 13.0. The lowest BCUT2D eigenvalue weighted by atomic mass is 10.2. The third-order valence-corrected chi connectivity index (χ3v) is 4.69. The Morgan fingerprint density at radius 3 is 2.79 bits per heavy atom. The van der Waals surface area contributed by atoms with E-state index in [-0.39, 0.29) is 17.8 Å². The average molecular weight is 383 g/mol. The molecule has 2 heterocycles. The van der Waals surface area contributed by atoms with Crippen LogP contribution in [-0.4, -0.2) is 58.1 Å². The van der Waals surface area contributed by atoms with Gasteiger partial charge in [0.25, 0.3) is 0 Å². The van der Waals surface area contributed by atoms with E-state index >= 15 is 0 Å². The minimum absolute atomic E-state index is 0.0930. The van der Waals surface area contributed by atoms with E-state index in [0.29, 0.717) is 38.7 Å². The average Bonchev–Trinajstić information content (AvgIpc) is 2.79. The summed E-state index contributed by atoms with van der Waals surface area (Å²) in [6.07, 6.45) is 1.67. The zero-order valence-electron chi connectivity index (χ0n) is 16.6. The number of hydrogen-bond acceptors (Lipinski definition) is 5. The molecule has 1 N–H and O–H groups in total. The Balaban J connectivity index is 1.70. The van der Waals surface area contributed by atoms with E-state index in [1.807, 2.05) is 35.2 Å². The lowest BCUT2D eigenvalue weighted by Crippen LogP contribution is -2.40. The number of nitrogens with zero attached hydrogens (tertiary/aromatic N) is 3. The normalized spacial score (nSPS) is 18.5. The van der Waals surface area contributed by atoms with Gasteiger partial charge in [0.05, 0.1) is 24.9 Å². The van der Waals surface area contributed by atoms with Crippen LogP contribution < -0.4 is 0 Å². The van der Waals surface area contributed by atoms with E-state index in [1.165, 1.54) is 0 Å². The van der Waals surface area contributed by atoms with Crippen LogP contribution in [0, 0.1) is 5.92 Å². The van der Waals surface area contributed by atoms with Crippen molar-refractivity contribution in [3.05, 3.63) is 59.9 Å². The summed E-state index contributed by atoms with van der Waals surface area (Å²) in [5, 5.41) is 9.73. The molecule has 3 rings (SSSR count). The van der Waals surface area contributed by atoms with Gasteiger partial charge in [-0.25, -0.2) is 0 Å². The number of aromatic hydroxyl groups is 1. The molecule has 0 radical (unpaired) electrons. The first-order chi connectivity index (χ1) is 13.5. The van der Waals surface area contributed by atoms with E-state index in [2.05, 4.69) is 23.7 Å². The SMILES string of the molecule is CC(C)CN1CC(OCc2ccccn2)CN(Cc2cccc(O)c2)CC1=O. The molecular weight excluding hydrogens is 354 g/mol. The number of phenolic OH excluding ortho intramolecular Hbond substituents is 1. The first-order valence-electron chi connectivity index (χ1n) is 9.79. The van der Waals surface area contributed by atoms with Crippen LogP contribution in [0.15, 0.2) is 48.7 Å². The van der Waals surface area contributed by atoms with Crippen molar-refractivity contribution in [3.8, 4) is 5.75 Å². The number of carbonyl (C=O) groups excluding carboxylic acids is 1. The summed E-state index contributed by atoms with van der Waals surface area (Å²) in [4.78, 5) is 21.1. The number of pyridine rings is 1. The Labute approximate surface area is 166 Å². The minimum Gasteiger partial charge on any atom is -0.508 e. The molecule has 1 saturated heterocycles. The summed E-state index contributed by atoms with van der Waals surface area (Å²) >= 11 is 0. The molecule has 1 amide bonds. The molecule has 1 aliphatic rings. The number of aromatic nitrogens is 1. The van der Waals surface area contributed by atoms with Gasteiger partial charge in [-0.05, 0) is 35.7 Å². The van der Waals surface area contributed by atoms with Crippen LogP contribution in [0.3, 0.4) is 0 Å². The molecule has 0 aliphatic carbocycles. The number of hydrogen-bond donors (Lipinski definition) is 1. The van der Waals surface area contributed by atoms with Gasteiger partial charge in [-0.15, -0.1) is 0 Å². The molecule has 1 unspecified atom stereocenters. The van der Waals surface area contributed by atoms with Crippen LogP contribution >= 0.6 is 0 Å². The van der Waals surface area contributed by atoms with Crippen molar-refractivity contribution < 1.29 is 14.6 Å². The number of rotatable bonds is 7. The second-order valence-corrected chi connectivity index (χ2v) is 7.79. The summed E-state index contributed by atoms with van der Waals surface area (Å²) < 4.78 is 6.15. The molecule has 28 heavy (non-hydrogen) atoms. The van der Waals surface area contributed by atoms with Gasteiger partial charge < -0.3 is 14.7 Å². The molecule has 0 spiro atoms. The van der Waals surface area contributed by atoms with Crippen molar-refractivity contribution in [3.63, 3.8) is 0 Å². The summed E-state index contributed by atoms with van der Waals surface area (Å²) in [7, 11) is 0. The molecule has 1 aromatic heterocycles. The van der Waals surface area contributed by atoms with Crippen molar-refractivity contribution in [2.45, 2.75) is 33.1 Å². The molecule has 1 atom stereocenters. The predicted octanol–water partition coefficient (Wildman–Crippen LogP) is 2.67. The minimum atomic E-state index is -0.0930. The van der Waals surface area contributed by atoms with Crippen LogP contribution in [0.1, 0.15) is 25.1 Å². The van der Waals surface area contributed by atoms with Gasteiger partial charge in [-0.2, -0.15) is 0 Å². The van der Waals surface area contributed by atoms with Crippen LogP contribution in [0.25, 0.3) is 0 Å². The van der Waals surface area contributed by atoms with Crippen LogP contribution in [0.2, 0.25) is 0 Å². The molecule has 6 nitrogen and oxygen atoms in total. The summed E-state index contributed by atoms with van der Waals surface area (Å²) in [6.45, 7) is 7.57. The highest BCUT2D eigenvalue weighted by molar-refractivity contribution is 5.78. The zero-order valence-corrected chi connectivity index (χ0v) is 16.6.